The Morgan fingerprint density at radius 2 is 1.19 bits per heavy atom. The SMILES string of the molecule is CCC.CCC.CCCc1cc(CCC)c(C)cc1C.CCc1ccc(C)c(/C(C)=N/NC(C)=S)c1. The monoisotopic (exact) mass is 512 g/mol. The van der Waals surface area contributed by atoms with Gasteiger partial charge in [-0.25, -0.2) is 0 Å². The van der Waals surface area contributed by atoms with Crippen molar-refractivity contribution in [2.24, 2.45) is 5.10 Å². The molecule has 0 aliphatic rings. The quantitative estimate of drug-likeness (QED) is 0.227. The van der Waals surface area contributed by atoms with Gasteiger partial charge in [0.15, 0.2) is 0 Å². The highest BCUT2D eigenvalue weighted by Gasteiger charge is 2.04. The molecule has 2 nitrogen and oxygen atoms in total. The number of benzene rings is 2. The van der Waals surface area contributed by atoms with E-state index < -0.39 is 0 Å². The normalized spacial score (nSPS) is 10.2. The number of thiocarbonyl (C=S) groups is 1. The molecule has 0 amide bonds. The fourth-order valence-corrected chi connectivity index (χ4v) is 3.57. The summed E-state index contributed by atoms with van der Waals surface area (Å²) in [5.41, 5.74) is 13.6. The van der Waals surface area contributed by atoms with E-state index in [2.05, 4.69) is 110 Å². The first-order valence-electron chi connectivity index (χ1n) is 14.1. The van der Waals surface area contributed by atoms with E-state index >= 15 is 0 Å². The lowest BCUT2D eigenvalue weighted by atomic mass is 9.95. The molecule has 0 bridgehead atoms. The highest BCUT2D eigenvalue weighted by molar-refractivity contribution is 7.80. The minimum atomic E-state index is 0.684. The second kappa shape index (κ2) is 22.2. The van der Waals surface area contributed by atoms with E-state index in [1.807, 2.05) is 13.8 Å². The summed E-state index contributed by atoms with van der Waals surface area (Å²) in [4.78, 5) is 0.684. The maximum absolute atomic E-state index is 4.93. The Labute approximate surface area is 230 Å². The summed E-state index contributed by atoms with van der Waals surface area (Å²) < 4.78 is 0. The minimum absolute atomic E-state index is 0.684. The predicted octanol–water partition coefficient (Wildman–Crippen LogP) is 10.3. The van der Waals surface area contributed by atoms with E-state index in [1.165, 1.54) is 66.3 Å². The van der Waals surface area contributed by atoms with Crippen molar-refractivity contribution in [3.63, 3.8) is 0 Å². The average Bonchev–Trinajstić information content (AvgIpc) is 2.82. The fraction of sp³-hybridized carbons (Fsp3) is 0.576. The number of nitrogens with one attached hydrogen (secondary N) is 1. The van der Waals surface area contributed by atoms with Crippen LogP contribution in [0, 0.1) is 20.8 Å². The first kappa shape index (κ1) is 36.2. The standard InChI is InChI=1S/C14H22.C13H18N2S.2C3H8/c1-5-7-13-10-14(8-6-2)12(4)9-11(13)3;1-5-12-7-6-9(2)13(8-12)10(3)14-15-11(4)16;2*1-3-2/h9-10H,5-8H2,1-4H3;6-8H,5H2,1-4H3,(H,15,16);2*3H2,1-2H3/b;14-10+;;. The maximum Gasteiger partial charge on any atom is 0.0930 e. The van der Waals surface area contributed by atoms with Crippen molar-refractivity contribution in [3.8, 4) is 0 Å². The van der Waals surface area contributed by atoms with Gasteiger partial charge in [0, 0.05) is 5.56 Å². The molecule has 0 aliphatic heterocycles. The van der Waals surface area contributed by atoms with Crippen LogP contribution in [0.15, 0.2) is 35.4 Å². The Morgan fingerprint density at radius 1 is 0.722 bits per heavy atom. The van der Waals surface area contributed by atoms with Crippen molar-refractivity contribution in [3.05, 3.63) is 69.3 Å². The molecule has 2 aromatic rings. The third kappa shape index (κ3) is 15.9. The van der Waals surface area contributed by atoms with Crippen LogP contribution in [0.3, 0.4) is 0 Å². The summed E-state index contributed by atoms with van der Waals surface area (Å²) in [6.07, 6.45) is 8.48. The smallest absolute Gasteiger partial charge is 0.0930 e. The van der Waals surface area contributed by atoms with Crippen molar-refractivity contribution in [2.75, 3.05) is 0 Å². The van der Waals surface area contributed by atoms with Crippen molar-refractivity contribution < 1.29 is 0 Å². The van der Waals surface area contributed by atoms with Gasteiger partial charge in [-0.1, -0.05) is 111 Å². The van der Waals surface area contributed by atoms with Crippen LogP contribution in [-0.2, 0) is 19.3 Å². The zero-order valence-electron chi connectivity index (χ0n) is 25.7. The molecule has 0 aliphatic carbocycles. The number of nitrogens with zero attached hydrogens (tertiary/aromatic N) is 1. The average molecular weight is 513 g/mol. The van der Waals surface area contributed by atoms with Crippen molar-refractivity contribution in [1.82, 2.24) is 5.43 Å². The molecule has 2 rings (SSSR count). The second-order valence-electron chi connectivity index (χ2n) is 9.49. The topological polar surface area (TPSA) is 24.4 Å². The molecule has 1 N–H and O–H groups in total. The summed E-state index contributed by atoms with van der Waals surface area (Å²) in [6.45, 7) is 25.5. The molecule has 0 aromatic heterocycles. The number of hydrazone groups is 1. The van der Waals surface area contributed by atoms with Crippen LogP contribution < -0.4 is 5.43 Å². The Bertz CT molecular complexity index is 868. The first-order valence-corrected chi connectivity index (χ1v) is 14.5. The zero-order valence-corrected chi connectivity index (χ0v) is 26.5. The predicted molar refractivity (Wildman–Crippen MR) is 170 cm³/mol. The van der Waals surface area contributed by atoms with E-state index in [4.69, 9.17) is 12.2 Å². The molecule has 204 valence electrons. The molecule has 3 heteroatoms. The molecular weight excluding hydrogens is 456 g/mol. The fourth-order valence-electron chi connectivity index (χ4n) is 3.53. The van der Waals surface area contributed by atoms with Gasteiger partial charge in [0.25, 0.3) is 0 Å². The second-order valence-corrected chi connectivity index (χ2v) is 10.1. The van der Waals surface area contributed by atoms with Crippen molar-refractivity contribution >= 4 is 22.9 Å². The molecule has 0 heterocycles. The van der Waals surface area contributed by atoms with Gasteiger partial charge in [0.2, 0.25) is 0 Å². The van der Waals surface area contributed by atoms with Crippen LogP contribution in [-0.4, -0.2) is 10.7 Å². The van der Waals surface area contributed by atoms with Gasteiger partial charge in [-0.15, -0.1) is 0 Å². The number of aryl methyl sites for hydroxylation is 6. The van der Waals surface area contributed by atoms with Gasteiger partial charge < -0.3 is 0 Å². The summed E-state index contributed by atoms with van der Waals surface area (Å²) in [6, 6.07) is 11.2. The molecule has 0 fully saturated rings. The van der Waals surface area contributed by atoms with Crippen molar-refractivity contribution in [2.45, 2.75) is 128 Å². The largest absolute Gasteiger partial charge is 0.272 e. The third-order valence-corrected chi connectivity index (χ3v) is 5.41. The molecule has 0 spiro atoms. The molecular formula is C33H56N2S. The van der Waals surface area contributed by atoms with Gasteiger partial charge in [-0.05, 0) is 93.3 Å². The van der Waals surface area contributed by atoms with Crippen LogP contribution in [0.1, 0.15) is 127 Å². The van der Waals surface area contributed by atoms with Crippen LogP contribution in [0.2, 0.25) is 0 Å². The Kier molecular flexibility index (Phi) is 22.3. The van der Waals surface area contributed by atoms with Gasteiger partial charge in [0.05, 0.1) is 10.7 Å². The highest BCUT2D eigenvalue weighted by Crippen LogP contribution is 2.19. The Hall–Kier alpha value is -2.00. The number of rotatable bonds is 7. The van der Waals surface area contributed by atoms with Crippen molar-refractivity contribution in [1.29, 1.82) is 0 Å². The maximum atomic E-state index is 4.93. The van der Waals surface area contributed by atoms with Gasteiger partial charge in [0.1, 0.15) is 0 Å². The summed E-state index contributed by atoms with van der Waals surface area (Å²) in [5, 5.41) is 4.26. The first-order chi connectivity index (χ1) is 17.1. The number of hydrogen-bond acceptors (Lipinski definition) is 2. The van der Waals surface area contributed by atoms with Crippen LogP contribution in [0.5, 0.6) is 0 Å². The summed E-state index contributed by atoms with van der Waals surface area (Å²) in [7, 11) is 0. The van der Waals surface area contributed by atoms with Gasteiger partial charge >= 0.3 is 0 Å². The Balaban J connectivity index is 0. The minimum Gasteiger partial charge on any atom is -0.272 e. The molecule has 36 heavy (non-hydrogen) atoms. The lowest BCUT2D eigenvalue weighted by Crippen LogP contribution is -2.13. The lowest BCUT2D eigenvalue weighted by Gasteiger charge is -2.11. The van der Waals surface area contributed by atoms with Crippen LogP contribution in [0.4, 0.5) is 0 Å². The molecule has 0 saturated heterocycles. The Morgan fingerprint density at radius 3 is 1.58 bits per heavy atom. The number of hydrogen-bond donors (Lipinski definition) is 1. The molecule has 0 atom stereocenters. The van der Waals surface area contributed by atoms with E-state index in [0.29, 0.717) is 4.99 Å². The lowest BCUT2D eigenvalue weighted by molar-refractivity contribution is 0.882. The third-order valence-electron chi connectivity index (χ3n) is 5.31. The molecule has 2 aromatic carbocycles. The highest BCUT2D eigenvalue weighted by atomic mass is 32.1. The van der Waals surface area contributed by atoms with E-state index in [0.717, 1.165) is 12.1 Å². The zero-order chi connectivity index (χ0) is 28.1. The summed E-state index contributed by atoms with van der Waals surface area (Å²) in [5.74, 6) is 0. The van der Waals surface area contributed by atoms with E-state index in [-0.39, 0.29) is 0 Å². The molecule has 0 radical (unpaired) electrons. The van der Waals surface area contributed by atoms with Gasteiger partial charge in [-0.3, -0.25) is 5.43 Å². The van der Waals surface area contributed by atoms with E-state index in [1.54, 1.807) is 11.1 Å². The molecule has 0 unspecified atom stereocenters. The van der Waals surface area contributed by atoms with Crippen LogP contribution >= 0.6 is 12.2 Å². The molecule has 0 saturated carbocycles. The van der Waals surface area contributed by atoms with E-state index in [9.17, 15) is 0 Å². The van der Waals surface area contributed by atoms with Crippen LogP contribution in [0.25, 0.3) is 0 Å². The van der Waals surface area contributed by atoms with Gasteiger partial charge in [-0.2, -0.15) is 5.10 Å². The summed E-state index contributed by atoms with van der Waals surface area (Å²) >= 11 is 4.93.